The molecule has 0 aliphatic heterocycles. The van der Waals surface area contributed by atoms with E-state index in [1.54, 1.807) is 13.1 Å². The minimum Gasteiger partial charge on any atom is -0.401 e. The predicted octanol–water partition coefficient (Wildman–Crippen LogP) is 1.13. The van der Waals surface area contributed by atoms with Crippen LogP contribution in [0.15, 0.2) is 11.9 Å². The predicted molar refractivity (Wildman–Crippen MR) is 60.4 cm³/mol. The number of hydrogen-bond donors (Lipinski definition) is 2. The number of carbonyl (C=O) groups is 1. The van der Waals surface area contributed by atoms with Gasteiger partial charge in [-0.05, 0) is 25.7 Å². The summed E-state index contributed by atoms with van der Waals surface area (Å²) in [7, 11) is 0. The summed E-state index contributed by atoms with van der Waals surface area (Å²) < 4.78 is 0. The van der Waals surface area contributed by atoms with E-state index in [1.165, 1.54) is 24.3 Å². The third-order valence-corrected chi connectivity index (χ3v) is 3.04. The lowest BCUT2D eigenvalue weighted by molar-refractivity contribution is -0.111. The number of nitrogens with two attached hydrogens (primary N) is 2. The second-order valence-corrected chi connectivity index (χ2v) is 4.29. The highest BCUT2D eigenvalue weighted by Gasteiger charge is 2.16. The molecule has 0 bridgehead atoms. The van der Waals surface area contributed by atoms with Crippen LogP contribution in [-0.2, 0) is 4.79 Å². The molecule has 0 aromatic rings. The van der Waals surface area contributed by atoms with E-state index in [4.69, 9.17) is 11.6 Å². The zero-order valence-electron chi connectivity index (χ0n) is 9.36. The van der Waals surface area contributed by atoms with E-state index in [9.17, 15) is 4.79 Å². The lowest BCUT2D eigenvalue weighted by Gasteiger charge is -2.25. The quantitative estimate of drug-likeness (QED) is 0.415. The van der Waals surface area contributed by atoms with Gasteiger partial charge >= 0.3 is 0 Å². The van der Waals surface area contributed by atoms with Crippen LogP contribution in [0, 0.1) is 5.92 Å². The molecule has 0 aromatic carbocycles. The fourth-order valence-electron chi connectivity index (χ4n) is 1.90. The lowest BCUT2D eigenvalue weighted by atomic mass is 9.87. The van der Waals surface area contributed by atoms with E-state index in [1.807, 2.05) is 0 Å². The van der Waals surface area contributed by atoms with Gasteiger partial charge in [-0.1, -0.05) is 19.3 Å². The first-order chi connectivity index (χ1) is 7.15. The molecule has 1 rings (SSSR count). The van der Waals surface area contributed by atoms with Crippen molar-refractivity contribution in [2.24, 2.45) is 17.5 Å². The Morgan fingerprint density at radius 3 is 2.53 bits per heavy atom. The van der Waals surface area contributed by atoms with Gasteiger partial charge in [0.15, 0.2) is 0 Å². The monoisotopic (exact) mass is 211 g/mol. The Hall–Kier alpha value is -1.03. The molecule has 1 atom stereocenters. The fourth-order valence-corrected chi connectivity index (χ4v) is 1.90. The van der Waals surface area contributed by atoms with Crippen LogP contribution in [0.25, 0.3) is 0 Å². The topological polar surface area (TPSA) is 72.3 Å². The summed E-state index contributed by atoms with van der Waals surface area (Å²) in [5, 5.41) is 1.39. The highest BCUT2D eigenvalue weighted by atomic mass is 16.1. The van der Waals surface area contributed by atoms with Crippen LogP contribution < -0.4 is 11.6 Å². The third-order valence-electron chi connectivity index (χ3n) is 3.04. The van der Waals surface area contributed by atoms with Crippen molar-refractivity contribution < 1.29 is 4.79 Å². The summed E-state index contributed by atoms with van der Waals surface area (Å²) in [6.45, 7) is 1.75. The van der Waals surface area contributed by atoms with Gasteiger partial charge < -0.3 is 15.5 Å². The molecule has 0 amide bonds. The molecule has 4 heteroatoms. The molecule has 0 unspecified atom stereocenters. The average molecular weight is 211 g/mol. The molecule has 15 heavy (non-hydrogen) atoms. The van der Waals surface area contributed by atoms with Gasteiger partial charge in [0.2, 0.25) is 0 Å². The smallest absolute Gasteiger partial charge is 0.143 e. The van der Waals surface area contributed by atoms with Crippen molar-refractivity contribution in [2.45, 2.75) is 45.1 Å². The molecule has 0 aromatic heterocycles. The van der Waals surface area contributed by atoms with Gasteiger partial charge in [0.25, 0.3) is 0 Å². The van der Waals surface area contributed by atoms with Crippen LogP contribution in [0.4, 0.5) is 0 Å². The summed E-state index contributed by atoms with van der Waals surface area (Å²) in [4.78, 5) is 10.5. The summed E-state index contributed by atoms with van der Waals surface area (Å²) in [5.41, 5.74) is 6.78. The zero-order chi connectivity index (χ0) is 11.3. The maximum atomic E-state index is 10.5. The maximum absolute atomic E-state index is 10.5. The van der Waals surface area contributed by atoms with Crippen molar-refractivity contribution in [2.75, 3.05) is 0 Å². The van der Waals surface area contributed by atoms with Crippen LogP contribution >= 0.6 is 0 Å². The number of carbonyl (C=O) groups excluding carboxylic acids is 1. The van der Waals surface area contributed by atoms with Crippen molar-refractivity contribution in [1.29, 1.82) is 0 Å². The Labute approximate surface area is 91.3 Å². The molecule has 1 saturated carbocycles. The van der Waals surface area contributed by atoms with E-state index < -0.39 is 0 Å². The zero-order valence-corrected chi connectivity index (χ0v) is 9.36. The number of nitrogens with zero attached hydrogens (tertiary/aromatic N) is 1. The first kappa shape index (κ1) is 12.0. The summed E-state index contributed by atoms with van der Waals surface area (Å²) >= 11 is 0. The fraction of sp³-hybridized carbons (Fsp3) is 0.727. The van der Waals surface area contributed by atoms with Gasteiger partial charge in [-0.25, -0.2) is 5.84 Å². The standard InChI is InChI=1S/C11H21N3O/c1-9(8-15)14(13)7-11(12)10-5-3-2-4-6-10/h7-10H,2-6,12-13H2,1H3/b11-7-/t9-/m0/s1. The number of rotatable bonds is 4. The SMILES string of the molecule is C[C@@H](C=O)N(N)/C=C(\N)C1CCCCC1. The van der Waals surface area contributed by atoms with E-state index in [-0.39, 0.29) is 6.04 Å². The Bertz CT molecular complexity index is 234. The molecule has 0 spiro atoms. The van der Waals surface area contributed by atoms with Gasteiger partial charge in [0.05, 0.1) is 6.04 Å². The molecule has 1 aliphatic carbocycles. The van der Waals surface area contributed by atoms with Crippen LogP contribution in [0.3, 0.4) is 0 Å². The maximum Gasteiger partial charge on any atom is 0.143 e. The largest absolute Gasteiger partial charge is 0.401 e. The van der Waals surface area contributed by atoms with Crippen molar-refractivity contribution >= 4 is 6.29 Å². The highest BCUT2D eigenvalue weighted by molar-refractivity contribution is 5.56. The van der Waals surface area contributed by atoms with E-state index >= 15 is 0 Å². The van der Waals surface area contributed by atoms with Gasteiger partial charge in [-0.3, -0.25) is 0 Å². The summed E-state index contributed by atoms with van der Waals surface area (Å²) in [6, 6.07) is -0.313. The van der Waals surface area contributed by atoms with Crippen LogP contribution in [-0.4, -0.2) is 17.3 Å². The lowest BCUT2D eigenvalue weighted by Crippen LogP contribution is -2.37. The van der Waals surface area contributed by atoms with Crippen LogP contribution in [0.2, 0.25) is 0 Å². The van der Waals surface area contributed by atoms with Crippen molar-refractivity contribution in [3.05, 3.63) is 11.9 Å². The molecule has 0 heterocycles. The van der Waals surface area contributed by atoms with Crippen molar-refractivity contribution in [3.63, 3.8) is 0 Å². The van der Waals surface area contributed by atoms with E-state index in [0.29, 0.717) is 5.92 Å². The highest BCUT2D eigenvalue weighted by Crippen LogP contribution is 2.27. The molecule has 1 aliphatic rings. The number of allylic oxidation sites excluding steroid dienone is 1. The van der Waals surface area contributed by atoms with Gasteiger partial charge in [0.1, 0.15) is 6.29 Å². The molecular formula is C11H21N3O. The minimum atomic E-state index is -0.313. The van der Waals surface area contributed by atoms with E-state index in [0.717, 1.165) is 24.8 Å². The molecule has 0 radical (unpaired) electrons. The Morgan fingerprint density at radius 2 is 2.00 bits per heavy atom. The number of hydrazine groups is 1. The normalized spacial score (nSPS) is 21.1. The van der Waals surface area contributed by atoms with Crippen LogP contribution in [0.5, 0.6) is 0 Å². The van der Waals surface area contributed by atoms with Gasteiger partial charge in [-0.15, -0.1) is 0 Å². The van der Waals surface area contributed by atoms with Gasteiger partial charge in [-0.2, -0.15) is 0 Å². The first-order valence-corrected chi connectivity index (χ1v) is 5.60. The van der Waals surface area contributed by atoms with Crippen molar-refractivity contribution in [1.82, 2.24) is 5.01 Å². The number of hydrogen-bond acceptors (Lipinski definition) is 4. The molecule has 86 valence electrons. The summed E-state index contributed by atoms with van der Waals surface area (Å²) in [6.07, 6.45) is 8.60. The Kier molecular flexibility index (Phi) is 4.62. The Balaban J connectivity index is 2.52. The minimum absolute atomic E-state index is 0.313. The second kappa shape index (κ2) is 5.75. The average Bonchev–Trinajstić information content (AvgIpc) is 2.29. The second-order valence-electron chi connectivity index (χ2n) is 4.29. The molecule has 1 fully saturated rings. The van der Waals surface area contributed by atoms with Gasteiger partial charge in [0, 0.05) is 11.9 Å². The molecule has 0 saturated heterocycles. The molecule has 4 N–H and O–H groups in total. The first-order valence-electron chi connectivity index (χ1n) is 5.60. The summed E-state index contributed by atoms with van der Waals surface area (Å²) in [5.74, 6) is 6.13. The molecular weight excluding hydrogens is 190 g/mol. The number of aldehydes is 1. The Morgan fingerprint density at radius 1 is 1.40 bits per heavy atom. The van der Waals surface area contributed by atoms with E-state index in [2.05, 4.69) is 0 Å². The van der Waals surface area contributed by atoms with Crippen LogP contribution in [0.1, 0.15) is 39.0 Å². The molecule has 4 nitrogen and oxygen atoms in total. The third kappa shape index (κ3) is 3.55. The van der Waals surface area contributed by atoms with Crippen molar-refractivity contribution in [3.8, 4) is 0 Å².